The van der Waals surface area contributed by atoms with Crippen LogP contribution in [0.25, 0.3) is 28.3 Å². The molecule has 47 heavy (non-hydrogen) atoms. The zero-order chi connectivity index (χ0) is 31.7. The average Bonchev–Trinajstić information content (AvgIpc) is 3.73. The summed E-state index contributed by atoms with van der Waals surface area (Å²) >= 11 is 0. The van der Waals surface area contributed by atoms with Gasteiger partial charge >= 0.3 is 57.1 Å². The molecule has 0 amide bonds. The minimum atomic E-state index is -0.600. The third-order valence-corrected chi connectivity index (χ3v) is 9.73. The number of nitrogens with one attached hydrogen (secondary N) is 1. The molecule has 1 N–H and O–H groups in total. The van der Waals surface area contributed by atoms with Crippen molar-refractivity contribution in [2.75, 3.05) is 6.61 Å². The fourth-order valence-electron chi connectivity index (χ4n) is 7.01. The van der Waals surface area contributed by atoms with Gasteiger partial charge in [0.1, 0.15) is 6.33 Å². The van der Waals surface area contributed by atoms with E-state index >= 15 is 0 Å². The van der Waals surface area contributed by atoms with Crippen molar-refractivity contribution in [3.8, 4) is 28.6 Å². The van der Waals surface area contributed by atoms with Crippen LogP contribution < -0.4 is 62.7 Å². The first-order chi connectivity index (χ1) is 22.5. The van der Waals surface area contributed by atoms with Gasteiger partial charge in [-0.2, -0.15) is 15.3 Å². The van der Waals surface area contributed by atoms with Gasteiger partial charge in [0.25, 0.3) is 5.56 Å². The predicted octanol–water partition coefficient (Wildman–Crippen LogP) is 2.76. The van der Waals surface area contributed by atoms with E-state index in [1.807, 2.05) is 57.6 Å². The van der Waals surface area contributed by atoms with E-state index in [-0.39, 0.29) is 75.9 Å². The van der Waals surface area contributed by atoms with Crippen LogP contribution in [0.15, 0.2) is 69.0 Å². The van der Waals surface area contributed by atoms with Crippen LogP contribution in [0, 0.1) is 16.7 Å². The summed E-state index contributed by atoms with van der Waals surface area (Å²) in [6.45, 7) is 2.61. The van der Waals surface area contributed by atoms with Crippen molar-refractivity contribution in [2.24, 2.45) is 5.41 Å². The first kappa shape index (κ1) is 33.7. The Morgan fingerprint density at radius 1 is 1.09 bits per heavy atom. The van der Waals surface area contributed by atoms with Crippen molar-refractivity contribution in [3.05, 3.63) is 92.6 Å². The number of rotatable bonds is 10. The van der Waals surface area contributed by atoms with E-state index in [1.54, 1.807) is 0 Å². The van der Waals surface area contributed by atoms with Gasteiger partial charge in [-0.3, -0.25) is 18.9 Å². The summed E-state index contributed by atoms with van der Waals surface area (Å²) in [5.41, 5.74) is 4.98. The van der Waals surface area contributed by atoms with Crippen LogP contribution in [-0.4, -0.2) is 42.0 Å². The van der Waals surface area contributed by atoms with Gasteiger partial charge in [0.2, 0.25) is 5.78 Å². The van der Waals surface area contributed by atoms with Crippen molar-refractivity contribution in [1.82, 2.24) is 29.3 Å². The third kappa shape index (κ3) is 6.75. The Morgan fingerprint density at radius 2 is 1.83 bits per heavy atom. The minimum absolute atomic E-state index is 0. The van der Waals surface area contributed by atoms with Crippen molar-refractivity contribution in [2.45, 2.75) is 83.3 Å². The Bertz CT molecular complexity index is 2020. The van der Waals surface area contributed by atoms with Crippen LogP contribution in [0.1, 0.15) is 82.6 Å². The van der Waals surface area contributed by atoms with Gasteiger partial charge in [-0.15, -0.1) is 0 Å². The summed E-state index contributed by atoms with van der Waals surface area (Å²) < 4.78 is 14.7. The number of benzene rings is 2. The second-order valence-corrected chi connectivity index (χ2v) is 12.7. The number of aryl methyl sites for hydroxylation is 1. The molecule has 0 atom stereocenters. The molecule has 11 nitrogen and oxygen atoms in total. The number of nitrogens with zero attached hydrogens (tertiary/aromatic N) is 6. The molecule has 0 aliphatic heterocycles. The number of hydrogen-bond acceptors (Lipinski definition) is 8. The molecular formula is C35H38KN7O4. The molecule has 0 radical (unpaired) electrons. The summed E-state index contributed by atoms with van der Waals surface area (Å²) in [6.07, 6.45) is 9.96. The molecule has 2 aromatic carbocycles. The molecule has 2 aliphatic rings. The second kappa shape index (κ2) is 14.5. The van der Waals surface area contributed by atoms with Crippen molar-refractivity contribution in [1.29, 1.82) is 5.26 Å². The Labute approximate surface area is 316 Å². The molecule has 0 saturated heterocycles. The van der Waals surface area contributed by atoms with Gasteiger partial charge in [-0.1, -0.05) is 73.5 Å². The normalized spacial score (nSPS) is 18.7. The molecule has 7 rings (SSSR count). The smallest absolute Gasteiger partial charge is 1.00 e. The van der Waals surface area contributed by atoms with Crippen LogP contribution in [0.3, 0.4) is 0 Å². The quantitative estimate of drug-likeness (QED) is 0.226. The minimum Gasteiger partial charge on any atom is -1.00 e. The maximum absolute atomic E-state index is 14.4. The topological polar surface area (TPSA) is 144 Å². The maximum Gasteiger partial charge on any atom is 1.00 e. The van der Waals surface area contributed by atoms with E-state index in [1.165, 1.54) is 6.33 Å². The third-order valence-electron chi connectivity index (χ3n) is 9.73. The molecule has 238 valence electrons. The predicted molar refractivity (Wildman–Crippen MR) is 172 cm³/mol. The first-order valence-corrected chi connectivity index (χ1v) is 16.2. The van der Waals surface area contributed by atoms with Gasteiger partial charge in [-0.05, 0) is 61.6 Å². The van der Waals surface area contributed by atoms with Crippen LogP contribution >= 0.6 is 0 Å². The maximum atomic E-state index is 14.4. The summed E-state index contributed by atoms with van der Waals surface area (Å²) in [6, 6.07) is 18.3. The van der Waals surface area contributed by atoms with Gasteiger partial charge in [0.05, 0.1) is 29.9 Å². The molecule has 3 heterocycles. The first-order valence-electron chi connectivity index (χ1n) is 16.2. The molecule has 2 saturated carbocycles. The number of aromatic amines is 1. The number of fused-ring (bicyclic) bond motifs is 1. The Balaban J connectivity index is 0.00000225. The molecular weight excluding hydrogens is 622 g/mol. The molecule has 0 spiro atoms. The fraction of sp³-hybridized carbons (Fsp3) is 0.429. The Hall–Kier alpha value is -3.18. The number of H-pyrrole nitrogens is 1. The van der Waals surface area contributed by atoms with Gasteiger partial charge in [-0.25, -0.2) is 9.31 Å². The Kier molecular flexibility index (Phi) is 10.4. The zero-order valence-corrected chi connectivity index (χ0v) is 30.1. The SMILES string of the molecule is CCCc1c(Cc2ccc(-c3ccccc3-c3noc(=O)[nH]3)cc2)c(=O)n(C2CCC(OCC3(C#N)CCC3)CC2)c2ncnn12.[H-].[K+]. The van der Waals surface area contributed by atoms with Gasteiger partial charge in [0, 0.05) is 23.6 Å². The van der Waals surface area contributed by atoms with Gasteiger partial charge < -0.3 is 6.16 Å². The van der Waals surface area contributed by atoms with E-state index in [4.69, 9.17) is 9.26 Å². The summed E-state index contributed by atoms with van der Waals surface area (Å²) in [5.74, 6) is 0.370. The molecule has 0 unspecified atom stereocenters. The Morgan fingerprint density at radius 3 is 2.47 bits per heavy atom. The fourth-order valence-corrected chi connectivity index (χ4v) is 7.01. The number of hydrogen-bond donors (Lipinski definition) is 1. The van der Waals surface area contributed by atoms with E-state index in [9.17, 15) is 14.9 Å². The molecule has 0 bridgehead atoms. The van der Waals surface area contributed by atoms with Crippen molar-refractivity contribution in [3.63, 3.8) is 0 Å². The summed E-state index contributed by atoms with van der Waals surface area (Å²) in [4.78, 5) is 33.1. The summed E-state index contributed by atoms with van der Waals surface area (Å²) in [7, 11) is 0. The van der Waals surface area contributed by atoms with Crippen molar-refractivity contribution < 1.29 is 62.1 Å². The average molecular weight is 660 g/mol. The molecule has 5 aromatic rings. The summed E-state index contributed by atoms with van der Waals surface area (Å²) in [5, 5.41) is 18.0. The van der Waals surface area contributed by atoms with Crippen LogP contribution in [0.4, 0.5) is 0 Å². The van der Waals surface area contributed by atoms with Crippen LogP contribution in [-0.2, 0) is 17.6 Å². The van der Waals surface area contributed by atoms with Crippen LogP contribution in [0.2, 0.25) is 0 Å². The van der Waals surface area contributed by atoms with Crippen molar-refractivity contribution >= 4 is 5.78 Å². The monoisotopic (exact) mass is 659 g/mol. The molecule has 3 aromatic heterocycles. The molecule has 2 fully saturated rings. The second-order valence-electron chi connectivity index (χ2n) is 12.7. The number of nitriles is 1. The van der Waals surface area contributed by atoms with Crippen LogP contribution in [0.5, 0.6) is 0 Å². The number of ether oxygens (including phenoxy) is 1. The largest absolute Gasteiger partial charge is 1.00 e. The number of aromatic nitrogens is 6. The standard InChI is InChI=1S/C35H37N7O4.K.H/c1-2-6-30-29(19-23-9-11-24(12-10-23)27-7-3-4-8-28(27)31-39-34(44)46-40-31)32(43)41(33-37-22-38-42(30)33)25-13-15-26(16-14-25)45-21-35(20-36)17-5-18-35;;/h3-4,7-12,22,25-26H,2,5-6,13-19,21H2,1H3,(H,39,40,44);;/q;+1;-1. The van der Waals surface area contributed by atoms with E-state index in [0.717, 1.165) is 84.9 Å². The van der Waals surface area contributed by atoms with E-state index in [0.29, 0.717) is 31.1 Å². The molecule has 12 heteroatoms. The van der Waals surface area contributed by atoms with Gasteiger partial charge in [0.15, 0.2) is 5.82 Å². The molecule has 2 aliphatic carbocycles. The zero-order valence-electron chi connectivity index (χ0n) is 27.9. The van der Waals surface area contributed by atoms with E-state index in [2.05, 4.69) is 33.2 Å². The van der Waals surface area contributed by atoms with E-state index < -0.39 is 5.76 Å².